The fourth-order valence-electron chi connectivity index (χ4n) is 3.80. The molecule has 2 N–H and O–H groups in total. The van der Waals surface area contributed by atoms with Crippen molar-refractivity contribution in [3.8, 4) is 17.2 Å². The van der Waals surface area contributed by atoms with Crippen LogP contribution in [0.15, 0.2) is 54.7 Å². The Hall–Kier alpha value is -3.56. The van der Waals surface area contributed by atoms with Crippen LogP contribution in [0.1, 0.15) is 34.5 Å². The maximum Gasteiger partial charge on any atom is 0.573 e. The number of hydrogen-bond acceptors (Lipinski definition) is 6. The first-order valence-corrected chi connectivity index (χ1v) is 13.1. The van der Waals surface area contributed by atoms with Gasteiger partial charge in [0.25, 0.3) is 5.91 Å². The quantitative estimate of drug-likeness (QED) is 0.293. The highest BCUT2D eigenvalue weighted by atomic mass is 35.5. The highest BCUT2D eigenvalue weighted by molar-refractivity contribution is 7.90. The minimum Gasteiger partial charge on any atom is -0.457 e. The summed E-state index contributed by atoms with van der Waals surface area (Å²) >= 11 is 5.82. The van der Waals surface area contributed by atoms with E-state index in [-0.39, 0.29) is 17.1 Å². The molecule has 1 amide bonds. The van der Waals surface area contributed by atoms with Crippen molar-refractivity contribution in [3.05, 3.63) is 76.6 Å². The Kier molecular flexibility index (Phi) is 7.68. The van der Waals surface area contributed by atoms with Crippen molar-refractivity contribution >= 4 is 33.2 Å². The Morgan fingerprint density at radius 3 is 2.17 bits per heavy atom. The molecule has 1 aliphatic rings. The van der Waals surface area contributed by atoms with Gasteiger partial charge in [-0.25, -0.2) is 13.1 Å². The number of aromatic nitrogens is 1. The molecule has 0 atom stereocenters. The smallest absolute Gasteiger partial charge is 0.457 e. The largest absolute Gasteiger partial charge is 0.573 e. The summed E-state index contributed by atoms with van der Waals surface area (Å²) in [5, 5.41) is 1.64. The van der Waals surface area contributed by atoms with Crippen molar-refractivity contribution in [1.82, 2.24) is 9.71 Å². The molecule has 2 aromatic carbocycles. The summed E-state index contributed by atoms with van der Waals surface area (Å²) in [6, 6.07) is 7.61. The molecule has 0 bridgehead atoms. The highest BCUT2D eigenvalue weighted by Crippen LogP contribution is 2.51. The molecule has 8 nitrogen and oxygen atoms in total. The normalized spacial score (nSPS) is 14.9. The van der Waals surface area contributed by atoms with E-state index in [9.17, 15) is 39.6 Å². The number of nitrogens with one attached hydrogen (secondary N) is 2. The second-order valence-corrected chi connectivity index (χ2v) is 11.1. The Labute approximate surface area is 228 Å². The molecule has 1 fully saturated rings. The van der Waals surface area contributed by atoms with Gasteiger partial charge in [-0.2, -0.15) is 13.2 Å². The number of pyridine rings is 1. The van der Waals surface area contributed by atoms with Crippen molar-refractivity contribution in [1.29, 1.82) is 0 Å². The van der Waals surface area contributed by atoms with Gasteiger partial charge in [-0.3, -0.25) is 9.78 Å². The molecule has 0 saturated heterocycles. The monoisotopic (exact) mass is 609 g/mol. The summed E-state index contributed by atoms with van der Waals surface area (Å²) in [6.07, 6.45) is -8.04. The lowest BCUT2D eigenvalue weighted by atomic mass is 10.1. The molecule has 3 aromatic rings. The van der Waals surface area contributed by atoms with Gasteiger partial charge in [0.2, 0.25) is 10.0 Å². The molecule has 1 saturated carbocycles. The van der Waals surface area contributed by atoms with E-state index < -0.39 is 60.9 Å². The first-order valence-electron chi connectivity index (χ1n) is 11.2. The lowest BCUT2D eigenvalue weighted by Crippen LogP contribution is -2.32. The summed E-state index contributed by atoms with van der Waals surface area (Å²) in [5.41, 5.74) is -1.53. The molecule has 1 heterocycles. The SMILES string of the molecule is CNS(=O)(=O)C1(c2cc(NC(=O)c3cc(Cl)c(C(F)(F)F)cc3Oc3ccc(OC(F)(F)F)cc3)ccn2)CC1. The summed E-state index contributed by atoms with van der Waals surface area (Å²) in [6.45, 7) is 0. The fourth-order valence-corrected chi connectivity index (χ4v) is 5.48. The van der Waals surface area contributed by atoms with Crippen LogP contribution in [0.4, 0.5) is 32.0 Å². The first kappa shape index (κ1) is 29.4. The third-order valence-corrected chi connectivity index (χ3v) is 8.37. The van der Waals surface area contributed by atoms with Gasteiger partial charge in [0.1, 0.15) is 22.0 Å². The zero-order valence-corrected chi connectivity index (χ0v) is 21.7. The zero-order valence-electron chi connectivity index (χ0n) is 20.2. The van der Waals surface area contributed by atoms with Gasteiger partial charge in [0.15, 0.2) is 0 Å². The molecule has 4 rings (SSSR count). The number of benzene rings is 2. The van der Waals surface area contributed by atoms with Gasteiger partial charge >= 0.3 is 12.5 Å². The van der Waals surface area contributed by atoms with Crippen LogP contribution < -0.4 is 19.5 Å². The molecular formula is C24H18ClF6N3O5S. The summed E-state index contributed by atoms with van der Waals surface area (Å²) < 4.78 is 113. The van der Waals surface area contributed by atoms with Crippen LogP contribution in [0, 0.1) is 0 Å². The van der Waals surface area contributed by atoms with Crippen LogP contribution >= 0.6 is 11.6 Å². The van der Waals surface area contributed by atoms with Crippen LogP contribution in [0.3, 0.4) is 0 Å². The number of ether oxygens (including phenoxy) is 2. The zero-order chi connectivity index (χ0) is 29.5. The molecule has 214 valence electrons. The van der Waals surface area contributed by atoms with E-state index in [4.69, 9.17) is 16.3 Å². The number of anilines is 1. The predicted octanol–water partition coefficient (Wildman–Crippen LogP) is 6.24. The van der Waals surface area contributed by atoms with E-state index in [0.717, 1.165) is 30.3 Å². The highest BCUT2D eigenvalue weighted by Gasteiger charge is 2.56. The molecule has 0 spiro atoms. The van der Waals surface area contributed by atoms with Crippen molar-refractivity contribution in [2.75, 3.05) is 12.4 Å². The van der Waals surface area contributed by atoms with Gasteiger partial charge in [-0.15, -0.1) is 13.2 Å². The lowest BCUT2D eigenvalue weighted by Gasteiger charge is -2.17. The van der Waals surface area contributed by atoms with E-state index >= 15 is 0 Å². The number of hydrogen-bond donors (Lipinski definition) is 2. The summed E-state index contributed by atoms with van der Waals surface area (Å²) in [5.74, 6) is -2.39. The average molecular weight is 610 g/mol. The van der Waals surface area contributed by atoms with E-state index in [0.29, 0.717) is 18.9 Å². The number of rotatable bonds is 8. The molecule has 0 aliphatic heterocycles. The number of nitrogens with zero attached hydrogens (tertiary/aromatic N) is 1. The molecular weight excluding hydrogens is 592 g/mol. The minimum absolute atomic E-state index is 0.0863. The minimum atomic E-state index is -4.96. The maximum atomic E-state index is 13.5. The summed E-state index contributed by atoms with van der Waals surface area (Å²) in [7, 11) is -2.50. The van der Waals surface area contributed by atoms with Crippen molar-refractivity contribution in [3.63, 3.8) is 0 Å². The average Bonchev–Trinajstić information content (AvgIpc) is 3.67. The number of carbonyl (C=O) groups excluding carboxylic acids is 1. The van der Waals surface area contributed by atoms with Crippen LogP contribution in [-0.4, -0.2) is 32.7 Å². The van der Waals surface area contributed by atoms with Crippen LogP contribution in [-0.2, 0) is 20.9 Å². The molecule has 0 unspecified atom stereocenters. The number of halogens is 7. The first-order chi connectivity index (χ1) is 18.5. The van der Waals surface area contributed by atoms with Gasteiger partial charge in [0.05, 0.1) is 21.8 Å². The van der Waals surface area contributed by atoms with Crippen LogP contribution in [0.5, 0.6) is 17.2 Å². The lowest BCUT2D eigenvalue weighted by molar-refractivity contribution is -0.274. The number of sulfonamides is 1. The predicted molar refractivity (Wildman–Crippen MR) is 131 cm³/mol. The second kappa shape index (κ2) is 10.4. The van der Waals surface area contributed by atoms with Gasteiger partial charge in [-0.1, -0.05) is 11.6 Å². The third-order valence-electron chi connectivity index (χ3n) is 5.88. The molecule has 1 aliphatic carbocycles. The Balaban J connectivity index is 1.66. The van der Waals surface area contributed by atoms with E-state index in [1.54, 1.807) is 0 Å². The molecule has 0 radical (unpaired) electrons. The van der Waals surface area contributed by atoms with E-state index in [1.807, 2.05) is 0 Å². The molecule has 1 aromatic heterocycles. The Morgan fingerprint density at radius 2 is 1.62 bits per heavy atom. The van der Waals surface area contributed by atoms with Gasteiger partial charge in [-0.05, 0) is 68.4 Å². The van der Waals surface area contributed by atoms with Crippen molar-refractivity contribution in [2.24, 2.45) is 0 Å². The van der Waals surface area contributed by atoms with E-state index in [1.165, 1.54) is 25.4 Å². The van der Waals surface area contributed by atoms with Crippen LogP contribution in [0.25, 0.3) is 0 Å². The Bertz CT molecular complexity index is 1540. The van der Waals surface area contributed by atoms with Gasteiger partial charge < -0.3 is 14.8 Å². The standard InChI is InChI=1S/C24H18ClF6N3O5S/c1-32-40(36,37)22(7-8-22)20-10-13(6-9-33-20)34-21(35)16-11-18(25)17(23(26,27)28)12-19(16)38-14-2-4-15(5-3-14)39-24(29,30)31/h2-6,9-12,32H,7-8H2,1H3,(H,33,34,35). The number of carbonyl (C=O) groups is 1. The maximum absolute atomic E-state index is 13.5. The fraction of sp³-hybridized carbons (Fsp3) is 0.250. The molecule has 40 heavy (non-hydrogen) atoms. The topological polar surface area (TPSA) is 107 Å². The number of alkyl halides is 6. The second-order valence-electron chi connectivity index (χ2n) is 8.53. The third kappa shape index (κ3) is 6.26. The van der Waals surface area contributed by atoms with Crippen molar-refractivity contribution < 1.29 is 49.0 Å². The van der Waals surface area contributed by atoms with Crippen molar-refractivity contribution in [2.45, 2.75) is 30.1 Å². The summed E-state index contributed by atoms with van der Waals surface area (Å²) in [4.78, 5) is 17.3. The number of amides is 1. The Morgan fingerprint density at radius 1 is 1.00 bits per heavy atom. The molecule has 16 heteroatoms. The van der Waals surface area contributed by atoms with Gasteiger partial charge in [0, 0.05) is 11.9 Å². The van der Waals surface area contributed by atoms with E-state index in [2.05, 4.69) is 19.8 Å². The van der Waals surface area contributed by atoms with Crippen LogP contribution in [0.2, 0.25) is 5.02 Å².